The number of aliphatic hydroxyl groups is 11. The normalized spacial score (nSPS) is 31.9. The molecular formula is C52H85NO22. The number of amides is 1. The first-order valence-electron chi connectivity index (χ1n) is 26.6. The second-order valence-electron chi connectivity index (χ2n) is 19.7. The summed E-state index contributed by atoms with van der Waals surface area (Å²) >= 11 is 0. The molecule has 0 saturated carbocycles. The summed E-state index contributed by atoms with van der Waals surface area (Å²) in [5.74, 6) is -6.16. The van der Waals surface area contributed by atoms with Crippen molar-refractivity contribution < 1.29 is 109 Å². The summed E-state index contributed by atoms with van der Waals surface area (Å²) in [6, 6.07) is 7.15. The molecule has 23 nitrogen and oxygen atoms in total. The summed E-state index contributed by atoms with van der Waals surface area (Å²) in [6.45, 7) is 0.699. The Morgan fingerprint density at radius 1 is 0.733 bits per heavy atom. The van der Waals surface area contributed by atoms with Gasteiger partial charge in [-0.25, -0.2) is 9.59 Å². The van der Waals surface area contributed by atoms with E-state index in [1.165, 1.54) is 44.9 Å². The van der Waals surface area contributed by atoms with Crippen molar-refractivity contribution >= 4 is 17.8 Å². The molecule has 1 amide bonds. The first-order chi connectivity index (χ1) is 36.0. The number of hydrogen-bond donors (Lipinski definition) is 13. The lowest BCUT2D eigenvalue weighted by molar-refractivity contribution is -0.390. The highest BCUT2D eigenvalue weighted by atomic mass is 16.8. The van der Waals surface area contributed by atoms with Gasteiger partial charge in [-0.1, -0.05) is 115 Å². The third-order valence-corrected chi connectivity index (χ3v) is 13.8. The Kier molecular flexibility index (Phi) is 28.4. The Hall–Kier alpha value is -3.31. The molecule has 0 aromatic heterocycles. The number of hydrogen-bond acceptors (Lipinski definition) is 21. The van der Waals surface area contributed by atoms with Crippen molar-refractivity contribution in [1.29, 1.82) is 0 Å². The van der Waals surface area contributed by atoms with Crippen LogP contribution in [0.15, 0.2) is 42.5 Å². The maximum absolute atomic E-state index is 13.5. The second-order valence-corrected chi connectivity index (χ2v) is 19.7. The van der Waals surface area contributed by atoms with E-state index in [0.29, 0.717) is 12.8 Å². The van der Waals surface area contributed by atoms with E-state index in [4.69, 9.17) is 33.2 Å². The van der Waals surface area contributed by atoms with E-state index in [1.54, 1.807) is 36.4 Å². The third-order valence-electron chi connectivity index (χ3n) is 13.8. The fraction of sp³-hybridized carbons (Fsp3) is 0.788. The number of nitrogens with one attached hydrogen (secondary N) is 1. The van der Waals surface area contributed by atoms with Gasteiger partial charge in [-0.05, 0) is 37.5 Å². The summed E-state index contributed by atoms with van der Waals surface area (Å²) in [5, 5.41) is 131. The molecule has 23 heteroatoms. The first kappa shape index (κ1) is 64.2. The van der Waals surface area contributed by atoms with E-state index >= 15 is 0 Å². The van der Waals surface area contributed by atoms with Crippen molar-refractivity contribution in [1.82, 2.24) is 5.32 Å². The van der Waals surface area contributed by atoms with Gasteiger partial charge in [0.2, 0.25) is 5.91 Å². The van der Waals surface area contributed by atoms with Gasteiger partial charge < -0.3 is 99.8 Å². The molecular weight excluding hydrogens is 991 g/mol. The Labute approximate surface area is 438 Å². The predicted molar refractivity (Wildman–Crippen MR) is 264 cm³/mol. The molecule has 3 fully saturated rings. The van der Waals surface area contributed by atoms with Crippen LogP contribution >= 0.6 is 0 Å². The van der Waals surface area contributed by atoms with Crippen molar-refractivity contribution in [2.45, 2.75) is 233 Å². The molecule has 430 valence electrons. The standard InChI is InChI=1S/C52H85NO22/c1-3-5-7-8-9-10-11-12-13-14-15-16-21-24-35(70-48(66)31-22-19-17-20-23-31)32(53-38(59)25-18-6-4-2)30-69-49-43(64)42(63)45(37(29-56)72-49)73-50-44(65)47(41(62)36(28-55)71-50)75-52(51(67)68)26-33(57)39(60)46(74-52)40(61)34(58)27-54/h17,19-24,32-37,39-47,49-50,54-58,60-65H,3-16,18,25-30H2,1-2H3,(H,53,59)(H,67,68)/b24-21+/t32-,33-,34+,35+,36+,37+,39+,40+,41-,42+,43+,44+,45+,46-,47-,49+,50+,52-/m0/s1. The van der Waals surface area contributed by atoms with Crippen molar-refractivity contribution in [2.24, 2.45) is 0 Å². The Morgan fingerprint density at radius 3 is 1.93 bits per heavy atom. The van der Waals surface area contributed by atoms with Crippen LogP contribution in [-0.4, -0.2) is 215 Å². The molecule has 3 saturated heterocycles. The molecule has 0 radical (unpaired) electrons. The second kappa shape index (κ2) is 33.2. The van der Waals surface area contributed by atoms with Crippen molar-refractivity contribution in [3.05, 3.63) is 48.0 Å². The molecule has 4 rings (SSSR count). The van der Waals surface area contributed by atoms with Crippen molar-refractivity contribution in [3.8, 4) is 0 Å². The van der Waals surface area contributed by atoms with Crippen molar-refractivity contribution in [3.63, 3.8) is 0 Å². The average molecular weight is 1080 g/mol. The number of carbonyl (C=O) groups is 3. The minimum Gasteiger partial charge on any atom is -0.477 e. The van der Waals surface area contributed by atoms with Gasteiger partial charge in [0.1, 0.15) is 79.4 Å². The molecule has 3 heterocycles. The predicted octanol–water partition coefficient (Wildman–Crippen LogP) is 0.205. The number of esters is 1. The minimum atomic E-state index is -3.09. The number of rotatable bonds is 34. The Morgan fingerprint density at radius 2 is 1.33 bits per heavy atom. The number of carboxylic acid groups (broad SMARTS) is 1. The van der Waals surface area contributed by atoms with Gasteiger partial charge in [0.25, 0.3) is 5.79 Å². The highest BCUT2D eigenvalue weighted by molar-refractivity contribution is 5.89. The number of carboxylic acids is 1. The third kappa shape index (κ3) is 18.9. The molecule has 3 aliphatic heterocycles. The molecule has 1 aromatic rings. The number of carbonyl (C=O) groups excluding carboxylic acids is 2. The molecule has 0 spiro atoms. The van der Waals surface area contributed by atoms with Crippen LogP contribution in [0.25, 0.3) is 0 Å². The number of unbranched alkanes of at least 4 members (excludes halogenated alkanes) is 13. The van der Waals surface area contributed by atoms with Crippen molar-refractivity contribution in [2.75, 3.05) is 26.4 Å². The number of aliphatic hydroxyl groups excluding tert-OH is 11. The van der Waals surface area contributed by atoms with Crippen LogP contribution in [0.5, 0.6) is 0 Å². The monoisotopic (exact) mass is 1080 g/mol. The molecule has 75 heavy (non-hydrogen) atoms. The van der Waals surface area contributed by atoms with E-state index in [1.807, 2.05) is 13.0 Å². The molecule has 1 aromatic carbocycles. The Balaban J connectivity index is 1.51. The number of allylic oxidation sites excluding steroid dienone is 1. The van der Waals surface area contributed by atoms with Gasteiger partial charge in [-0.3, -0.25) is 4.79 Å². The lowest BCUT2D eigenvalue weighted by Gasteiger charge is -2.50. The van der Waals surface area contributed by atoms with Crippen LogP contribution in [0.4, 0.5) is 0 Å². The van der Waals surface area contributed by atoms with E-state index in [2.05, 4.69) is 12.2 Å². The maximum Gasteiger partial charge on any atom is 0.364 e. The average Bonchev–Trinajstić information content (AvgIpc) is 3.40. The molecule has 3 aliphatic rings. The molecule has 0 aliphatic carbocycles. The Bertz CT molecular complexity index is 1810. The van der Waals surface area contributed by atoms with Gasteiger partial charge in [-0.2, -0.15) is 0 Å². The van der Waals surface area contributed by atoms with Gasteiger partial charge >= 0.3 is 11.9 Å². The lowest BCUT2D eigenvalue weighted by atomic mass is 9.90. The number of benzene rings is 1. The smallest absolute Gasteiger partial charge is 0.364 e. The zero-order valence-electron chi connectivity index (χ0n) is 43.2. The van der Waals surface area contributed by atoms with Gasteiger partial charge in [0.05, 0.1) is 44.1 Å². The largest absolute Gasteiger partial charge is 0.477 e. The summed E-state index contributed by atoms with van der Waals surface area (Å²) in [7, 11) is 0. The zero-order valence-corrected chi connectivity index (χ0v) is 43.2. The highest BCUT2D eigenvalue weighted by Crippen LogP contribution is 2.38. The van der Waals surface area contributed by atoms with E-state index < -0.39 is 155 Å². The first-order valence-corrected chi connectivity index (χ1v) is 26.6. The van der Waals surface area contributed by atoms with E-state index in [0.717, 1.165) is 38.5 Å². The van der Waals surface area contributed by atoms with Crippen LogP contribution < -0.4 is 5.32 Å². The summed E-state index contributed by atoms with van der Waals surface area (Å²) < 4.78 is 40.4. The van der Waals surface area contributed by atoms with Crippen LogP contribution in [-0.2, 0) is 42.7 Å². The topological polar surface area (TPSA) is 371 Å². The van der Waals surface area contributed by atoms with Crippen LogP contribution in [0, 0.1) is 0 Å². The number of aliphatic carboxylic acids is 1. The lowest BCUT2D eigenvalue weighted by Crippen LogP contribution is -2.69. The minimum absolute atomic E-state index is 0.141. The SMILES string of the molecule is CCCCCCCCCCCCC/C=C/[C@@H](OC(=O)c1ccccc1)[C@H](CO[C@@H]1O[C@H](CO)[C@@H](O[C@H]2O[C@H](CO)[C@H](O)[C@H](O[C@]3(C(=O)O)C[C@H](O)[C@@H](O)[C@@H]([C@H](O)[C@H](O)CO)O3)[C@H]2O)[C@H](O)[C@H]1O)NC(=O)CCCCC. The van der Waals surface area contributed by atoms with E-state index in [-0.39, 0.29) is 17.9 Å². The summed E-state index contributed by atoms with van der Waals surface area (Å²) in [6.07, 6.45) is -12.7. The number of ether oxygens (including phenoxy) is 7. The van der Waals surface area contributed by atoms with Gasteiger partial charge in [0, 0.05) is 12.8 Å². The summed E-state index contributed by atoms with van der Waals surface area (Å²) in [4.78, 5) is 39.7. The maximum atomic E-state index is 13.5. The molecule has 0 unspecified atom stereocenters. The van der Waals surface area contributed by atoms with Gasteiger partial charge in [0.15, 0.2) is 12.6 Å². The zero-order chi connectivity index (χ0) is 55.1. The molecule has 18 atom stereocenters. The fourth-order valence-electron chi connectivity index (χ4n) is 9.26. The van der Waals surface area contributed by atoms with Crippen LogP contribution in [0.2, 0.25) is 0 Å². The van der Waals surface area contributed by atoms with Crippen LogP contribution in [0.1, 0.15) is 133 Å². The summed E-state index contributed by atoms with van der Waals surface area (Å²) in [5.41, 5.74) is 0.247. The molecule has 0 bridgehead atoms. The van der Waals surface area contributed by atoms with Gasteiger partial charge in [-0.15, -0.1) is 0 Å². The van der Waals surface area contributed by atoms with Crippen LogP contribution in [0.3, 0.4) is 0 Å². The quantitative estimate of drug-likeness (QED) is 0.0249. The van der Waals surface area contributed by atoms with E-state index in [9.17, 15) is 75.7 Å². The fourth-order valence-corrected chi connectivity index (χ4v) is 9.26. The molecule has 13 N–H and O–H groups in total. The highest BCUT2D eigenvalue weighted by Gasteiger charge is 2.60.